The molecule has 7 heteroatoms. The molecule has 188 valence electrons. The molecule has 1 N–H and O–H groups in total. The van der Waals surface area contributed by atoms with E-state index in [1.54, 1.807) is 17.0 Å². The molecule has 1 amide bonds. The van der Waals surface area contributed by atoms with Crippen LogP contribution >= 0.6 is 11.6 Å². The number of hydrogen-bond donors (Lipinski definition) is 1. The number of benzene rings is 3. The summed E-state index contributed by atoms with van der Waals surface area (Å²) >= 11 is 5.98. The Morgan fingerprint density at radius 1 is 0.973 bits per heavy atom. The molecule has 0 saturated heterocycles. The van der Waals surface area contributed by atoms with Gasteiger partial charge >= 0.3 is 5.97 Å². The largest absolute Gasteiger partial charge is 0.481 e. The normalized spacial score (nSPS) is 21.2. The molecule has 1 aliphatic carbocycles. The van der Waals surface area contributed by atoms with Gasteiger partial charge in [0.25, 0.3) is 0 Å². The second-order valence-electron chi connectivity index (χ2n) is 9.68. The molecule has 2 aliphatic rings. The van der Waals surface area contributed by atoms with Crippen LogP contribution in [-0.4, -0.2) is 41.6 Å². The number of carbonyl (C=O) groups is 3. The van der Waals surface area contributed by atoms with Crippen molar-refractivity contribution in [3.63, 3.8) is 0 Å². The predicted molar refractivity (Wildman–Crippen MR) is 144 cm³/mol. The molecule has 1 saturated carbocycles. The minimum absolute atomic E-state index is 0.0211. The van der Waals surface area contributed by atoms with E-state index in [1.165, 1.54) is 0 Å². The molecule has 1 aliphatic heterocycles. The standard InChI is InChI=1S/C30H27ClN2O4/c1-18-24-4-2-3-5-26(24)33(27(34)16-32-18)17-22-12-15-25(28(22)30(36)37)29(35)21-8-6-19(7-9-21)20-10-13-23(31)14-11-20/h2-11,13-14,22,25,28H,12,15-17H2,1H3,(H,36,37). The lowest BCUT2D eigenvalue weighted by Crippen LogP contribution is -2.40. The van der Waals surface area contributed by atoms with E-state index >= 15 is 0 Å². The Labute approximate surface area is 220 Å². The van der Waals surface area contributed by atoms with Crippen LogP contribution in [0.3, 0.4) is 0 Å². The highest BCUT2D eigenvalue weighted by Crippen LogP contribution is 2.41. The van der Waals surface area contributed by atoms with Gasteiger partial charge < -0.3 is 10.0 Å². The number of benzodiazepines with no additional fused rings is 1. The minimum Gasteiger partial charge on any atom is -0.481 e. The summed E-state index contributed by atoms with van der Waals surface area (Å²) in [6.45, 7) is 2.14. The fourth-order valence-corrected chi connectivity index (χ4v) is 5.70. The number of carboxylic acid groups (broad SMARTS) is 1. The third kappa shape index (κ3) is 4.94. The number of anilines is 1. The molecule has 3 aromatic carbocycles. The molecule has 1 heterocycles. The summed E-state index contributed by atoms with van der Waals surface area (Å²) in [5.41, 5.74) is 4.81. The Bertz CT molecular complexity index is 1380. The van der Waals surface area contributed by atoms with Crippen LogP contribution in [0.5, 0.6) is 0 Å². The Hall–Kier alpha value is -3.77. The summed E-state index contributed by atoms with van der Waals surface area (Å²) in [5, 5.41) is 10.8. The van der Waals surface area contributed by atoms with Crippen LogP contribution in [0.15, 0.2) is 77.8 Å². The summed E-state index contributed by atoms with van der Waals surface area (Å²) < 4.78 is 0. The van der Waals surface area contributed by atoms with E-state index in [0.717, 1.165) is 28.1 Å². The molecule has 3 unspecified atom stereocenters. The minimum atomic E-state index is -0.998. The van der Waals surface area contributed by atoms with E-state index in [2.05, 4.69) is 4.99 Å². The smallest absolute Gasteiger partial charge is 0.307 e. The highest BCUT2D eigenvalue weighted by Gasteiger charge is 2.46. The first-order valence-corrected chi connectivity index (χ1v) is 12.7. The van der Waals surface area contributed by atoms with Gasteiger partial charge in [-0.1, -0.05) is 66.2 Å². The Kier molecular flexibility index (Phi) is 6.94. The number of fused-ring (bicyclic) bond motifs is 1. The van der Waals surface area contributed by atoms with Gasteiger partial charge in [0.05, 0.1) is 11.6 Å². The number of hydrogen-bond acceptors (Lipinski definition) is 4. The van der Waals surface area contributed by atoms with Crippen LogP contribution in [0.4, 0.5) is 5.69 Å². The summed E-state index contributed by atoms with van der Waals surface area (Å²) in [5.74, 6) is -3.18. The zero-order valence-electron chi connectivity index (χ0n) is 20.4. The molecule has 37 heavy (non-hydrogen) atoms. The maximum absolute atomic E-state index is 13.5. The zero-order chi connectivity index (χ0) is 26.1. The number of nitrogens with zero attached hydrogens (tertiary/aromatic N) is 2. The number of aliphatic carboxylic acids is 1. The number of rotatable bonds is 6. The summed E-state index contributed by atoms with van der Waals surface area (Å²) in [6.07, 6.45) is 1.03. The number of amides is 1. The van der Waals surface area contributed by atoms with Crippen molar-refractivity contribution in [1.29, 1.82) is 0 Å². The summed E-state index contributed by atoms with van der Waals surface area (Å²) in [6, 6.07) is 22.2. The molecular formula is C30H27ClN2O4. The summed E-state index contributed by atoms with van der Waals surface area (Å²) in [7, 11) is 0. The quantitative estimate of drug-likeness (QED) is 0.423. The van der Waals surface area contributed by atoms with Gasteiger partial charge in [-0.3, -0.25) is 19.4 Å². The number of aliphatic imine (C=N–C) groups is 1. The molecule has 6 nitrogen and oxygen atoms in total. The molecule has 5 rings (SSSR count). The topological polar surface area (TPSA) is 87.0 Å². The highest BCUT2D eigenvalue weighted by atomic mass is 35.5. The van der Waals surface area contributed by atoms with Gasteiger partial charge in [0.2, 0.25) is 5.91 Å². The van der Waals surface area contributed by atoms with Gasteiger partial charge in [-0.15, -0.1) is 0 Å². The van der Waals surface area contributed by atoms with Crippen molar-refractivity contribution in [2.75, 3.05) is 18.0 Å². The van der Waals surface area contributed by atoms with E-state index in [9.17, 15) is 19.5 Å². The molecular weight excluding hydrogens is 488 g/mol. The number of Topliss-reactive ketones (excluding diaryl/α,β-unsaturated/α-hetero) is 1. The van der Waals surface area contributed by atoms with Crippen molar-refractivity contribution in [1.82, 2.24) is 0 Å². The fourth-order valence-electron chi connectivity index (χ4n) is 5.58. The van der Waals surface area contributed by atoms with Crippen LogP contribution in [0.25, 0.3) is 11.1 Å². The SMILES string of the molecule is CC1=NCC(=O)N(CC2CCC(C(=O)c3ccc(-c4ccc(Cl)cc4)cc3)C2C(=O)O)c2ccccc21. The van der Waals surface area contributed by atoms with Crippen molar-refractivity contribution in [3.8, 4) is 11.1 Å². The van der Waals surface area contributed by atoms with E-state index < -0.39 is 17.8 Å². The van der Waals surface area contributed by atoms with E-state index in [4.69, 9.17) is 11.6 Å². The van der Waals surface area contributed by atoms with Gasteiger partial charge in [0.1, 0.15) is 6.54 Å². The third-order valence-electron chi connectivity index (χ3n) is 7.51. The van der Waals surface area contributed by atoms with Gasteiger partial charge in [-0.25, -0.2) is 0 Å². The molecule has 1 fully saturated rings. The molecule has 0 aromatic heterocycles. The summed E-state index contributed by atoms with van der Waals surface area (Å²) in [4.78, 5) is 44.9. The number of carboxylic acids is 1. The average molecular weight is 515 g/mol. The van der Waals surface area contributed by atoms with E-state index in [0.29, 0.717) is 23.4 Å². The fraction of sp³-hybridized carbons (Fsp3) is 0.267. The lowest BCUT2D eigenvalue weighted by atomic mass is 9.84. The second-order valence-corrected chi connectivity index (χ2v) is 10.1. The van der Waals surface area contributed by atoms with Crippen LogP contribution in [-0.2, 0) is 9.59 Å². The molecule has 3 atom stereocenters. The molecule has 0 spiro atoms. The van der Waals surface area contributed by atoms with E-state index in [-0.39, 0.29) is 30.7 Å². The number of para-hydroxylation sites is 1. The number of carbonyl (C=O) groups excluding carboxylic acids is 2. The van der Waals surface area contributed by atoms with Gasteiger partial charge in [0, 0.05) is 34.3 Å². The Morgan fingerprint density at radius 3 is 2.30 bits per heavy atom. The molecule has 0 radical (unpaired) electrons. The Balaban J connectivity index is 1.36. The maximum atomic E-state index is 13.5. The van der Waals surface area contributed by atoms with Crippen LogP contribution in [0, 0.1) is 17.8 Å². The monoisotopic (exact) mass is 514 g/mol. The zero-order valence-corrected chi connectivity index (χ0v) is 21.2. The number of ketones is 1. The first-order valence-electron chi connectivity index (χ1n) is 12.4. The Morgan fingerprint density at radius 2 is 1.62 bits per heavy atom. The van der Waals surface area contributed by atoms with Gasteiger partial charge in [0.15, 0.2) is 5.78 Å². The van der Waals surface area contributed by atoms with E-state index in [1.807, 2.05) is 67.6 Å². The van der Waals surface area contributed by atoms with Gasteiger partial charge in [-0.05, 0) is 55.0 Å². The maximum Gasteiger partial charge on any atom is 0.307 e. The second kappa shape index (κ2) is 10.3. The molecule has 0 bridgehead atoms. The highest BCUT2D eigenvalue weighted by molar-refractivity contribution is 6.30. The van der Waals surface area contributed by atoms with Crippen LogP contribution in [0.1, 0.15) is 35.7 Å². The average Bonchev–Trinajstić information content (AvgIpc) is 3.29. The predicted octanol–water partition coefficient (Wildman–Crippen LogP) is 5.77. The third-order valence-corrected chi connectivity index (χ3v) is 7.76. The molecule has 3 aromatic rings. The lowest BCUT2D eigenvalue weighted by molar-refractivity contribution is -0.144. The van der Waals surface area contributed by atoms with Crippen molar-refractivity contribution >= 4 is 40.7 Å². The van der Waals surface area contributed by atoms with Crippen molar-refractivity contribution in [2.45, 2.75) is 19.8 Å². The van der Waals surface area contributed by atoms with Crippen molar-refractivity contribution in [3.05, 3.63) is 88.9 Å². The first kappa shape index (κ1) is 24.9. The van der Waals surface area contributed by atoms with Crippen molar-refractivity contribution < 1.29 is 19.5 Å². The lowest BCUT2D eigenvalue weighted by Gasteiger charge is -2.28. The van der Waals surface area contributed by atoms with Crippen molar-refractivity contribution in [2.24, 2.45) is 22.7 Å². The van der Waals surface area contributed by atoms with Crippen LogP contribution < -0.4 is 4.90 Å². The number of halogens is 1. The van der Waals surface area contributed by atoms with Crippen LogP contribution in [0.2, 0.25) is 5.02 Å². The van der Waals surface area contributed by atoms with Gasteiger partial charge in [-0.2, -0.15) is 0 Å². The first-order chi connectivity index (χ1) is 17.8.